The van der Waals surface area contributed by atoms with Gasteiger partial charge in [0.2, 0.25) is 0 Å². The Hall–Kier alpha value is -2.15. The van der Waals surface area contributed by atoms with Crippen LogP contribution in [0.4, 0.5) is 5.69 Å². The van der Waals surface area contributed by atoms with Crippen LogP contribution in [0.2, 0.25) is 0 Å². The molecule has 2 aromatic heterocycles. The van der Waals surface area contributed by atoms with Gasteiger partial charge < -0.3 is 10.6 Å². The van der Waals surface area contributed by atoms with E-state index < -0.39 is 0 Å². The van der Waals surface area contributed by atoms with E-state index in [-0.39, 0.29) is 5.56 Å². The van der Waals surface area contributed by atoms with E-state index in [1.165, 1.54) is 4.68 Å². The zero-order chi connectivity index (χ0) is 14.4. The number of hydrogen-bond donors (Lipinski definition) is 2. The van der Waals surface area contributed by atoms with Gasteiger partial charge in [0.15, 0.2) is 0 Å². The summed E-state index contributed by atoms with van der Waals surface area (Å²) in [6, 6.07) is 3.52. The Labute approximate surface area is 117 Å². The highest BCUT2D eigenvalue weighted by Crippen LogP contribution is 2.01. The fourth-order valence-electron chi connectivity index (χ4n) is 1.90. The van der Waals surface area contributed by atoms with Crippen molar-refractivity contribution in [2.75, 3.05) is 25.5 Å². The van der Waals surface area contributed by atoms with Crippen LogP contribution in [0, 0.1) is 0 Å². The third kappa shape index (κ3) is 3.67. The molecule has 7 heteroatoms. The van der Waals surface area contributed by atoms with Crippen LogP contribution in [-0.4, -0.2) is 39.7 Å². The van der Waals surface area contributed by atoms with Crippen LogP contribution in [0.15, 0.2) is 29.3 Å². The molecule has 0 atom stereocenters. The van der Waals surface area contributed by atoms with Crippen molar-refractivity contribution in [3.63, 3.8) is 0 Å². The molecule has 108 valence electrons. The average Bonchev–Trinajstić information content (AvgIpc) is 2.84. The highest BCUT2D eigenvalue weighted by Gasteiger charge is 2.03. The lowest BCUT2D eigenvalue weighted by atomic mass is 10.3. The Morgan fingerprint density at radius 2 is 2.15 bits per heavy atom. The number of nitrogens with one attached hydrogen (secondary N) is 2. The van der Waals surface area contributed by atoms with Gasteiger partial charge in [-0.25, -0.2) is 4.68 Å². The molecule has 2 N–H and O–H groups in total. The third-order valence-electron chi connectivity index (χ3n) is 3.08. The minimum absolute atomic E-state index is 0.0957. The third-order valence-corrected chi connectivity index (χ3v) is 3.08. The van der Waals surface area contributed by atoms with Crippen LogP contribution < -0.4 is 16.2 Å². The quantitative estimate of drug-likeness (QED) is 0.688. The molecular formula is C13H20N6O. The van der Waals surface area contributed by atoms with Gasteiger partial charge in [-0.1, -0.05) is 0 Å². The van der Waals surface area contributed by atoms with Crippen LogP contribution in [0.1, 0.15) is 5.69 Å². The minimum atomic E-state index is -0.0957. The van der Waals surface area contributed by atoms with Gasteiger partial charge in [-0.05, 0) is 13.1 Å². The van der Waals surface area contributed by atoms with Gasteiger partial charge in [-0.2, -0.15) is 10.2 Å². The Bertz CT molecular complexity index is 603. The SMILES string of the molecule is CNCCNc1cnn(CCc2ccnn2C)c(=O)c1. The van der Waals surface area contributed by atoms with Crippen molar-refractivity contribution in [2.45, 2.75) is 13.0 Å². The summed E-state index contributed by atoms with van der Waals surface area (Å²) in [7, 11) is 3.77. The Kier molecular flexibility index (Phi) is 4.89. The van der Waals surface area contributed by atoms with Crippen molar-refractivity contribution < 1.29 is 0 Å². The van der Waals surface area contributed by atoms with E-state index in [2.05, 4.69) is 20.8 Å². The fraction of sp³-hybridized carbons (Fsp3) is 0.462. The number of hydrogen-bond acceptors (Lipinski definition) is 5. The van der Waals surface area contributed by atoms with E-state index in [1.54, 1.807) is 23.1 Å². The van der Waals surface area contributed by atoms with E-state index in [0.29, 0.717) is 6.54 Å². The normalized spacial score (nSPS) is 10.7. The second-order valence-corrected chi connectivity index (χ2v) is 4.53. The lowest BCUT2D eigenvalue weighted by Crippen LogP contribution is -2.25. The average molecular weight is 276 g/mol. The lowest BCUT2D eigenvalue weighted by Gasteiger charge is -2.08. The first kappa shape index (κ1) is 14.3. The lowest BCUT2D eigenvalue weighted by molar-refractivity contribution is 0.558. The molecule has 0 aromatic carbocycles. The smallest absolute Gasteiger partial charge is 0.268 e. The number of rotatable bonds is 7. The highest BCUT2D eigenvalue weighted by atomic mass is 16.1. The van der Waals surface area contributed by atoms with Gasteiger partial charge in [0.1, 0.15) is 0 Å². The monoisotopic (exact) mass is 276 g/mol. The van der Waals surface area contributed by atoms with Crippen molar-refractivity contribution in [3.05, 3.63) is 40.6 Å². The number of anilines is 1. The standard InChI is InChI=1S/C13H20N6O/c1-14-6-7-15-11-9-13(20)19(17-10-11)8-4-12-3-5-16-18(12)2/h3,5,9-10,14-15H,4,6-8H2,1-2H3. The molecule has 0 unspecified atom stereocenters. The number of aryl methyl sites for hydroxylation is 3. The summed E-state index contributed by atoms with van der Waals surface area (Å²) in [5.74, 6) is 0. The fourth-order valence-corrected chi connectivity index (χ4v) is 1.90. The number of likely N-dealkylation sites (N-methyl/N-ethyl adjacent to an activating group) is 1. The Morgan fingerprint density at radius 1 is 1.30 bits per heavy atom. The van der Waals surface area contributed by atoms with Gasteiger partial charge in [-0.15, -0.1) is 0 Å². The van der Waals surface area contributed by atoms with E-state index in [0.717, 1.165) is 30.9 Å². The van der Waals surface area contributed by atoms with Crippen molar-refractivity contribution in [1.82, 2.24) is 24.9 Å². The van der Waals surface area contributed by atoms with Gasteiger partial charge in [0, 0.05) is 44.5 Å². The van der Waals surface area contributed by atoms with Crippen molar-refractivity contribution in [3.8, 4) is 0 Å². The minimum Gasteiger partial charge on any atom is -0.382 e. The molecule has 2 rings (SSSR count). The molecule has 0 aliphatic heterocycles. The molecule has 2 aromatic rings. The van der Waals surface area contributed by atoms with Crippen LogP contribution in [0.25, 0.3) is 0 Å². The van der Waals surface area contributed by atoms with Gasteiger partial charge in [0.25, 0.3) is 5.56 Å². The summed E-state index contributed by atoms with van der Waals surface area (Å²) >= 11 is 0. The second kappa shape index (κ2) is 6.85. The predicted molar refractivity (Wildman–Crippen MR) is 77.8 cm³/mol. The summed E-state index contributed by atoms with van der Waals surface area (Å²) in [6.07, 6.45) is 4.16. The number of nitrogens with zero attached hydrogens (tertiary/aromatic N) is 4. The van der Waals surface area contributed by atoms with E-state index in [9.17, 15) is 4.79 Å². The molecule has 0 aliphatic carbocycles. The second-order valence-electron chi connectivity index (χ2n) is 4.53. The van der Waals surface area contributed by atoms with Crippen molar-refractivity contribution in [2.24, 2.45) is 7.05 Å². The van der Waals surface area contributed by atoms with Crippen molar-refractivity contribution in [1.29, 1.82) is 0 Å². The molecule has 0 fully saturated rings. The summed E-state index contributed by atoms with van der Waals surface area (Å²) in [6.45, 7) is 2.15. The zero-order valence-electron chi connectivity index (χ0n) is 11.8. The van der Waals surface area contributed by atoms with E-state index >= 15 is 0 Å². The first-order valence-corrected chi connectivity index (χ1v) is 6.63. The van der Waals surface area contributed by atoms with Gasteiger partial charge >= 0.3 is 0 Å². The maximum absolute atomic E-state index is 11.9. The molecule has 0 saturated heterocycles. The molecule has 0 amide bonds. The molecule has 20 heavy (non-hydrogen) atoms. The van der Waals surface area contributed by atoms with Gasteiger partial charge in [0.05, 0.1) is 18.4 Å². The van der Waals surface area contributed by atoms with Crippen LogP contribution in [-0.2, 0) is 20.0 Å². The molecule has 0 spiro atoms. The van der Waals surface area contributed by atoms with Crippen molar-refractivity contribution >= 4 is 5.69 Å². The molecule has 0 aliphatic rings. The number of aromatic nitrogens is 4. The van der Waals surface area contributed by atoms with E-state index in [4.69, 9.17) is 0 Å². The van der Waals surface area contributed by atoms with Gasteiger partial charge in [-0.3, -0.25) is 9.48 Å². The van der Waals surface area contributed by atoms with Crippen LogP contribution >= 0.6 is 0 Å². The Morgan fingerprint density at radius 3 is 2.80 bits per heavy atom. The molecule has 0 saturated carbocycles. The summed E-state index contributed by atoms with van der Waals surface area (Å²) < 4.78 is 3.27. The van der Waals surface area contributed by atoms with E-state index in [1.807, 2.05) is 20.2 Å². The summed E-state index contributed by atoms with van der Waals surface area (Å²) in [5, 5.41) is 14.4. The predicted octanol–water partition coefficient (Wildman–Crippen LogP) is -0.149. The molecule has 7 nitrogen and oxygen atoms in total. The highest BCUT2D eigenvalue weighted by molar-refractivity contribution is 5.38. The zero-order valence-corrected chi connectivity index (χ0v) is 11.8. The molecule has 2 heterocycles. The Balaban J connectivity index is 1.96. The topological polar surface area (TPSA) is 76.8 Å². The van der Waals surface area contributed by atoms with Crippen LogP contribution in [0.3, 0.4) is 0 Å². The largest absolute Gasteiger partial charge is 0.382 e. The van der Waals surface area contributed by atoms with Crippen LogP contribution in [0.5, 0.6) is 0 Å². The first-order chi connectivity index (χ1) is 9.70. The first-order valence-electron chi connectivity index (χ1n) is 6.63. The maximum atomic E-state index is 11.9. The molecular weight excluding hydrogens is 256 g/mol. The summed E-state index contributed by atoms with van der Waals surface area (Å²) in [5.41, 5.74) is 1.73. The molecule has 0 radical (unpaired) electrons. The summed E-state index contributed by atoms with van der Waals surface area (Å²) in [4.78, 5) is 11.9. The maximum Gasteiger partial charge on any atom is 0.268 e. The molecule has 0 bridgehead atoms.